The largest absolute Gasteiger partial charge is 0.493 e. The average molecular weight is 437 g/mol. The van der Waals surface area contributed by atoms with Crippen LogP contribution in [0.2, 0.25) is 0 Å². The molecule has 1 amide bonds. The number of amides is 1. The lowest BCUT2D eigenvalue weighted by Crippen LogP contribution is -2.31. The van der Waals surface area contributed by atoms with Crippen LogP contribution in [0.3, 0.4) is 0 Å². The van der Waals surface area contributed by atoms with Gasteiger partial charge >= 0.3 is 5.97 Å². The van der Waals surface area contributed by atoms with Crippen molar-refractivity contribution in [3.8, 4) is 17.1 Å². The van der Waals surface area contributed by atoms with Crippen molar-refractivity contribution in [3.05, 3.63) is 78.1 Å². The maximum Gasteiger partial charge on any atom is 0.303 e. The van der Waals surface area contributed by atoms with Crippen molar-refractivity contribution in [3.63, 3.8) is 0 Å². The predicted molar refractivity (Wildman–Crippen MR) is 119 cm³/mol. The van der Waals surface area contributed by atoms with Gasteiger partial charge in [0, 0.05) is 30.2 Å². The number of para-hydroxylation sites is 1. The quantitative estimate of drug-likeness (QED) is 0.332. The summed E-state index contributed by atoms with van der Waals surface area (Å²) in [6.45, 7) is 0.398. The van der Waals surface area contributed by atoms with E-state index in [1.165, 1.54) is 11.9 Å². The molecule has 7 heteroatoms. The average Bonchev–Trinajstić information content (AvgIpc) is 3.35. The minimum absolute atomic E-state index is 0.144. The number of aliphatic hydroxyl groups is 1. The van der Waals surface area contributed by atoms with E-state index in [9.17, 15) is 14.7 Å². The third-order valence-corrected chi connectivity index (χ3v) is 5.11. The Balaban J connectivity index is 1.61. The van der Waals surface area contributed by atoms with E-state index in [2.05, 4.69) is 0 Å². The second-order valence-electron chi connectivity index (χ2n) is 7.44. The summed E-state index contributed by atoms with van der Waals surface area (Å²) >= 11 is 0. The monoisotopic (exact) mass is 437 g/mol. The SMILES string of the molecule is CN(C(=O)c1ccc(-c2ccco2)cc1)C(O)c1ccccc1OCCCCCC(=O)O. The number of ether oxygens (including phenoxy) is 1. The van der Waals surface area contributed by atoms with Gasteiger partial charge in [-0.1, -0.05) is 30.3 Å². The van der Waals surface area contributed by atoms with Crippen LogP contribution in [0.25, 0.3) is 11.3 Å². The van der Waals surface area contributed by atoms with Crippen LogP contribution in [0, 0.1) is 0 Å². The van der Waals surface area contributed by atoms with Gasteiger partial charge in [-0.2, -0.15) is 0 Å². The number of benzene rings is 2. The smallest absolute Gasteiger partial charge is 0.303 e. The van der Waals surface area contributed by atoms with Crippen molar-refractivity contribution >= 4 is 11.9 Å². The Morgan fingerprint density at radius 3 is 2.44 bits per heavy atom. The van der Waals surface area contributed by atoms with Gasteiger partial charge in [-0.25, -0.2) is 0 Å². The van der Waals surface area contributed by atoms with Crippen molar-refractivity contribution in [2.24, 2.45) is 0 Å². The van der Waals surface area contributed by atoms with Crippen LogP contribution in [0.1, 0.15) is 47.8 Å². The molecular formula is C25H27NO6. The van der Waals surface area contributed by atoms with Crippen LogP contribution < -0.4 is 4.74 Å². The third-order valence-electron chi connectivity index (χ3n) is 5.11. The van der Waals surface area contributed by atoms with E-state index in [0.717, 1.165) is 12.0 Å². The van der Waals surface area contributed by atoms with Crippen molar-refractivity contribution < 1.29 is 29.0 Å². The fraction of sp³-hybridized carbons (Fsp3) is 0.280. The zero-order chi connectivity index (χ0) is 22.9. The van der Waals surface area contributed by atoms with Crippen LogP contribution >= 0.6 is 0 Å². The van der Waals surface area contributed by atoms with Gasteiger partial charge in [0.15, 0.2) is 6.23 Å². The van der Waals surface area contributed by atoms with Gasteiger partial charge in [0.05, 0.1) is 12.9 Å². The summed E-state index contributed by atoms with van der Waals surface area (Å²) in [5.74, 6) is 0.0761. The van der Waals surface area contributed by atoms with Gasteiger partial charge in [0.25, 0.3) is 5.91 Å². The van der Waals surface area contributed by atoms with E-state index in [1.54, 1.807) is 60.9 Å². The molecule has 2 N–H and O–H groups in total. The van der Waals surface area contributed by atoms with Crippen molar-refractivity contribution in [2.45, 2.75) is 31.9 Å². The molecular weight excluding hydrogens is 410 g/mol. The predicted octanol–water partition coefficient (Wildman–Crippen LogP) is 4.73. The van der Waals surface area contributed by atoms with Crippen LogP contribution in [-0.2, 0) is 4.79 Å². The molecule has 2 aromatic carbocycles. The number of carbonyl (C=O) groups is 2. The number of nitrogens with zero attached hydrogens (tertiary/aromatic N) is 1. The zero-order valence-corrected chi connectivity index (χ0v) is 17.9. The number of rotatable bonds is 11. The van der Waals surface area contributed by atoms with E-state index >= 15 is 0 Å². The summed E-state index contributed by atoms with van der Waals surface area (Å²) in [6.07, 6.45) is 2.59. The molecule has 0 bridgehead atoms. The first-order chi connectivity index (χ1) is 15.5. The number of carboxylic acid groups (broad SMARTS) is 1. The van der Waals surface area contributed by atoms with Crippen molar-refractivity contribution in [1.29, 1.82) is 0 Å². The van der Waals surface area contributed by atoms with E-state index < -0.39 is 12.2 Å². The second-order valence-corrected chi connectivity index (χ2v) is 7.44. The summed E-state index contributed by atoms with van der Waals surface area (Å²) in [5, 5.41) is 19.5. The Morgan fingerprint density at radius 1 is 1.00 bits per heavy atom. The first-order valence-corrected chi connectivity index (χ1v) is 10.5. The van der Waals surface area contributed by atoms with E-state index in [1.807, 2.05) is 6.07 Å². The molecule has 0 saturated heterocycles. The van der Waals surface area contributed by atoms with Gasteiger partial charge in [-0.15, -0.1) is 0 Å². The van der Waals surface area contributed by atoms with Gasteiger partial charge in [-0.05, 0) is 49.6 Å². The van der Waals surface area contributed by atoms with Gasteiger partial charge in [0.1, 0.15) is 11.5 Å². The molecule has 0 saturated carbocycles. The fourth-order valence-electron chi connectivity index (χ4n) is 3.31. The lowest BCUT2D eigenvalue weighted by molar-refractivity contribution is -0.137. The summed E-state index contributed by atoms with van der Waals surface area (Å²) in [7, 11) is 1.54. The molecule has 7 nitrogen and oxygen atoms in total. The Labute approximate surface area is 186 Å². The molecule has 0 fully saturated rings. The van der Waals surface area contributed by atoms with Crippen LogP contribution in [-0.4, -0.2) is 40.6 Å². The minimum Gasteiger partial charge on any atom is -0.493 e. The summed E-state index contributed by atoms with van der Waals surface area (Å²) in [5.41, 5.74) is 1.79. The number of hydrogen-bond acceptors (Lipinski definition) is 5. The molecule has 32 heavy (non-hydrogen) atoms. The lowest BCUT2D eigenvalue weighted by Gasteiger charge is -2.25. The minimum atomic E-state index is -1.18. The molecule has 168 valence electrons. The number of furan rings is 1. The highest BCUT2D eigenvalue weighted by Crippen LogP contribution is 2.28. The molecule has 0 aliphatic carbocycles. The third kappa shape index (κ3) is 5.98. The normalized spacial score (nSPS) is 11.7. The first-order valence-electron chi connectivity index (χ1n) is 10.5. The van der Waals surface area contributed by atoms with Crippen LogP contribution in [0.15, 0.2) is 71.3 Å². The summed E-state index contributed by atoms with van der Waals surface area (Å²) < 4.78 is 11.2. The van der Waals surface area contributed by atoms with Crippen molar-refractivity contribution in [1.82, 2.24) is 4.90 Å². The first kappa shape index (κ1) is 23.1. The standard InChI is InChI=1S/C25H27NO6/c1-26(24(29)19-14-12-18(13-15-19)21-10-7-17-31-21)25(30)20-8-4-5-9-22(20)32-16-6-2-3-11-23(27)28/h4-5,7-10,12-15,17,25,30H,2-3,6,11,16H2,1H3,(H,27,28). The van der Waals surface area contributed by atoms with Gasteiger partial charge in [0.2, 0.25) is 0 Å². The number of carbonyl (C=O) groups excluding carboxylic acids is 1. The van der Waals surface area contributed by atoms with Gasteiger partial charge < -0.3 is 24.3 Å². The number of unbranched alkanes of at least 4 members (excludes halogenated alkanes) is 2. The summed E-state index contributed by atoms with van der Waals surface area (Å²) in [4.78, 5) is 24.7. The number of aliphatic carboxylic acids is 1. The van der Waals surface area contributed by atoms with Crippen LogP contribution in [0.5, 0.6) is 5.75 Å². The molecule has 0 spiro atoms. The lowest BCUT2D eigenvalue weighted by atomic mass is 10.1. The molecule has 0 aliphatic heterocycles. The van der Waals surface area contributed by atoms with Gasteiger partial charge in [-0.3, -0.25) is 9.59 Å². The fourth-order valence-corrected chi connectivity index (χ4v) is 3.31. The maximum atomic E-state index is 12.9. The Morgan fingerprint density at radius 2 is 1.75 bits per heavy atom. The Bertz CT molecular complexity index is 1010. The second kappa shape index (κ2) is 11.2. The van der Waals surface area contributed by atoms with Crippen LogP contribution in [0.4, 0.5) is 0 Å². The molecule has 0 radical (unpaired) electrons. The molecule has 1 atom stereocenters. The number of carboxylic acids is 1. The van der Waals surface area contributed by atoms with E-state index in [0.29, 0.717) is 42.1 Å². The highest BCUT2D eigenvalue weighted by atomic mass is 16.5. The Hall–Kier alpha value is -3.58. The number of aliphatic hydroxyl groups excluding tert-OH is 1. The van der Waals surface area contributed by atoms with Crippen molar-refractivity contribution in [2.75, 3.05) is 13.7 Å². The molecule has 3 rings (SSSR count). The molecule has 3 aromatic rings. The molecule has 0 aliphatic rings. The highest BCUT2D eigenvalue weighted by Gasteiger charge is 2.23. The molecule has 1 heterocycles. The molecule has 1 unspecified atom stereocenters. The van der Waals surface area contributed by atoms with E-state index in [-0.39, 0.29) is 12.3 Å². The van der Waals surface area contributed by atoms with E-state index in [4.69, 9.17) is 14.3 Å². The highest BCUT2D eigenvalue weighted by molar-refractivity contribution is 5.94. The maximum absolute atomic E-state index is 12.9. The topological polar surface area (TPSA) is 100 Å². The molecule has 1 aromatic heterocycles. The number of hydrogen-bond donors (Lipinski definition) is 2. The Kier molecular flexibility index (Phi) is 8.05. The zero-order valence-electron chi connectivity index (χ0n) is 17.9. The summed E-state index contributed by atoms with van der Waals surface area (Å²) in [6, 6.07) is 17.7.